The Morgan fingerprint density at radius 1 is 1.17 bits per heavy atom. The van der Waals surface area contributed by atoms with Gasteiger partial charge in [0.2, 0.25) is 5.89 Å². The van der Waals surface area contributed by atoms with Crippen LogP contribution in [0.2, 0.25) is 0 Å². The predicted octanol–water partition coefficient (Wildman–Crippen LogP) is 2.53. The fraction of sp³-hybridized carbons (Fsp3) is 0.167. The summed E-state index contributed by atoms with van der Waals surface area (Å²) < 4.78 is 28.4. The Hall–Kier alpha value is -3.60. The van der Waals surface area contributed by atoms with Crippen molar-refractivity contribution in [1.29, 1.82) is 0 Å². The molecule has 0 radical (unpaired) electrons. The Bertz CT molecular complexity index is 1190. The van der Waals surface area contributed by atoms with E-state index in [2.05, 4.69) is 15.5 Å². The maximum absolute atomic E-state index is 12.4. The van der Waals surface area contributed by atoms with Crippen molar-refractivity contribution in [2.45, 2.75) is 18.2 Å². The molecule has 150 valence electrons. The smallest absolute Gasteiger partial charge is 0.322 e. The number of aromatic nitrogens is 2. The summed E-state index contributed by atoms with van der Waals surface area (Å²) in [6, 6.07) is 10.3. The molecule has 0 aliphatic carbocycles. The van der Waals surface area contributed by atoms with Crippen molar-refractivity contribution in [3.05, 3.63) is 75.2 Å². The minimum absolute atomic E-state index is 0.121. The van der Waals surface area contributed by atoms with Gasteiger partial charge in [0.05, 0.1) is 16.2 Å². The van der Waals surface area contributed by atoms with Crippen LogP contribution in [0.5, 0.6) is 0 Å². The number of anilines is 1. The number of rotatable bonds is 6. The van der Waals surface area contributed by atoms with Crippen molar-refractivity contribution in [2.24, 2.45) is 0 Å². The highest BCUT2D eigenvalue weighted by Crippen LogP contribution is 2.22. The zero-order chi connectivity index (χ0) is 21.2. The third-order valence-electron chi connectivity index (χ3n) is 4.14. The van der Waals surface area contributed by atoms with E-state index >= 15 is 0 Å². The summed E-state index contributed by atoms with van der Waals surface area (Å²) in [6.45, 7) is 1.48. The molecule has 11 heteroatoms. The minimum atomic E-state index is -3.28. The molecular formula is C18H16N4O6S. The number of hydrogen-bond acceptors (Lipinski definition) is 8. The molecule has 0 aliphatic heterocycles. The molecule has 1 N–H and O–H groups in total. The topological polar surface area (TPSA) is 145 Å². The number of sulfone groups is 1. The lowest BCUT2D eigenvalue weighted by atomic mass is 10.1. The second-order valence-electron chi connectivity index (χ2n) is 6.25. The summed E-state index contributed by atoms with van der Waals surface area (Å²) in [5.41, 5.74) is 0.922. The highest BCUT2D eigenvalue weighted by Gasteiger charge is 2.19. The highest BCUT2D eigenvalue weighted by molar-refractivity contribution is 7.90. The molecule has 0 atom stereocenters. The van der Waals surface area contributed by atoms with E-state index in [-0.39, 0.29) is 40.0 Å². The van der Waals surface area contributed by atoms with Crippen molar-refractivity contribution < 1.29 is 22.6 Å². The number of carbonyl (C=O) groups excluding carboxylic acids is 1. The van der Waals surface area contributed by atoms with Crippen LogP contribution < -0.4 is 5.32 Å². The summed E-state index contributed by atoms with van der Waals surface area (Å²) >= 11 is 0. The van der Waals surface area contributed by atoms with Crippen molar-refractivity contribution in [2.75, 3.05) is 11.6 Å². The fourth-order valence-corrected chi connectivity index (χ4v) is 3.27. The predicted molar refractivity (Wildman–Crippen MR) is 102 cm³/mol. The standard InChI is InChI=1S/C18H16N4O6S/c1-11-14(4-3-5-15(11)22(24)25)17(23)19-18-21-20-16(28-18)10-12-6-8-13(9-7-12)29(2,26)27/h3-9H,10H2,1-2H3,(H,19,21,23). The molecule has 1 aromatic heterocycles. The number of hydrogen-bond donors (Lipinski definition) is 1. The van der Waals surface area contributed by atoms with Crippen LogP contribution in [0.3, 0.4) is 0 Å². The highest BCUT2D eigenvalue weighted by atomic mass is 32.2. The van der Waals surface area contributed by atoms with Gasteiger partial charge in [0.15, 0.2) is 9.84 Å². The quantitative estimate of drug-likeness (QED) is 0.476. The minimum Gasteiger partial charge on any atom is -0.407 e. The molecule has 0 aliphatic rings. The summed E-state index contributed by atoms with van der Waals surface area (Å²) in [6.07, 6.45) is 1.36. The molecule has 0 bridgehead atoms. The summed E-state index contributed by atoms with van der Waals surface area (Å²) in [5, 5.41) is 21.0. The van der Waals surface area contributed by atoms with Gasteiger partial charge in [-0.15, -0.1) is 5.10 Å². The lowest BCUT2D eigenvalue weighted by Crippen LogP contribution is -2.14. The number of amides is 1. The van der Waals surface area contributed by atoms with Crippen LogP contribution >= 0.6 is 0 Å². The molecule has 1 amide bonds. The largest absolute Gasteiger partial charge is 0.407 e. The average molecular weight is 416 g/mol. The van der Waals surface area contributed by atoms with Gasteiger partial charge in [0.1, 0.15) is 0 Å². The maximum atomic E-state index is 12.4. The second kappa shape index (κ2) is 7.80. The van der Waals surface area contributed by atoms with Crippen LogP contribution in [0.1, 0.15) is 27.4 Å². The zero-order valence-electron chi connectivity index (χ0n) is 15.4. The number of nitrogens with zero attached hydrogens (tertiary/aromatic N) is 3. The first-order valence-corrected chi connectivity index (χ1v) is 10.2. The average Bonchev–Trinajstić information content (AvgIpc) is 3.08. The van der Waals surface area contributed by atoms with Gasteiger partial charge in [-0.2, -0.15) is 0 Å². The molecule has 3 aromatic rings. The van der Waals surface area contributed by atoms with Crippen molar-refractivity contribution >= 4 is 27.4 Å². The monoisotopic (exact) mass is 416 g/mol. The van der Waals surface area contributed by atoms with Gasteiger partial charge < -0.3 is 4.42 Å². The third-order valence-corrected chi connectivity index (χ3v) is 5.27. The Balaban J connectivity index is 1.71. The van der Waals surface area contributed by atoms with Crippen LogP contribution in [0.15, 0.2) is 51.8 Å². The first-order chi connectivity index (χ1) is 13.6. The molecule has 0 spiro atoms. The van der Waals surface area contributed by atoms with E-state index in [0.717, 1.165) is 11.8 Å². The van der Waals surface area contributed by atoms with Crippen LogP contribution in [0.25, 0.3) is 0 Å². The van der Waals surface area contributed by atoms with Crippen LogP contribution in [-0.2, 0) is 16.3 Å². The van der Waals surface area contributed by atoms with E-state index in [4.69, 9.17) is 4.42 Å². The van der Waals surface area contributed by atoms with Gasteiger partial charge in [-0.3, -0.25) is 20.2 Å². The SMILES string of the molecule is Cc1c(C(=O)Nc2nnc(Cc3ccc(S(C)(=O)=O)cc3)o2)cccc1[N+](=O)[O-]. The fourth-order valence-electron chi connectivity index (χ4n) is 2.64. The third kappa shape index (κ3) is 4.63. The van der Waals surface area contributed by atoms with Crippen molar-refractivity contribution in [3.8, 4) is 0 Å². The zero-order valence-corrected chi connectivity index (χ0v) is 16.3. The van der Waals surface area contributed by atoms with Crippen molar-refractivity contribution in [1.82, 2.24) is 10.2 Å². The van der Waals surface area contributed by atoms with E-state index in [1.54, 1.807) is 12.1 Å². The summed E-state index contributed by atoms with van der Waals surface area (Å²) in [5.74, 6) is -0.401. The molecule has 3 rings (SSSR count). The summed E-state index contributed by atoms with van der Waals surface area (Å²) in [7, 11) is -3.28. The van der Waals surface area contributed by atoms with E-state index in [1.165, 1.54) is 37.3 Å². The number of benzene rings is 2. The maximum Gasteiger partial charge on any atom is 0.322 e. The first kappa shape index (κ1) is 20.1. The second-order valence-corrected chi connectivity index (χ2v) is 8.27. The van der Waals surface area contributed by atoms with Gasteiger partial charge in [0, 0.05) is 23.4 Å². The number of nitro groups is 1. The number of nitro benzene ring substituents is 1. The molecule has 0 saturated heterocycles. The molecule has 0 saturated carbocycles. The van der Waals surface area contributed by atoms with Gasteiger partial charge in [-0.05, 0) is 30.7 Å². The van der Waals surface area contributed by atoms with Crippen LogP contribution in [0, 0.1) is 17.0 Å². The molecular weight excluding hydrogens is 400 g/mol. The van der Waals surface area contributed by atoms with Crippen LogP contribution in [0.4, 0.5) is 11.7 Å². The van der Waals surface area contributed by atoms with Gasteiger partial charge in [0.25, 0.3) is 11.6 Å². The molecule has 2 aromatic carbocycles. The number of nitrogens with one attached hydrogen (secondary N) is 1. The Morgan fingerprint density at radius 3 is 2.48 bits per heavy atom. The normalized spacial score (nSPS) is 11.2. The Morgan fingerprint density at radius 2 is 1.86 bits per heavy atom. The Labute approximate surface area is 165 Å². The lowest BCUT2D eigenvalue weighted by Gasteiger charge is -2.05. The lowest BCUT2D eigenvalue weighted by molar-refractivity contribution is -0.385. The molecule has 0 unspecified atom stereocenters. The van der Waals surface area contributed by atoms with Gasteiger partial charge in [-0.1, -0.05) is 23.3 Å². The summed E-state index contributed by atoms with van der Waals surface area (Å²) in [4.78, 5) is 23.0. The molecule has 1 heterocycles. The molecule has 0 fully saturated rings. The van der Waals surface area contributed by atoms with Gasteiger partial charge in [-0.25, -0.2) is 8.42 Å². The van der Waals surface area contributed by atoms with Crippen molar-refractivity contribution in [3.63, 3.8) is 0 Å². The van der Waals surface area contributed by atoms with E-state index in [9.17, 15) is 23.3 Å². The van der Waals surface area contributed by atoms with Crippen LogP contribution in [-0.4, -0.2) is 35.7 Å². The molecule has 10 nitrogen and oxygen atoms in total. The van der Waals surface area contributed by atoms with E-state index in [0.29, 0.717) is 0 Å². The first-order valence-electron chi connectivity index (χ1n) is 8.32. The van der Waals surface area contributed by atoms with Gasteiger partial charge >= 0.3 is 6.01 Å². The Kier molecular flexibility index (Phi) is 5.41. The number of carbonyl (C=O) groups is 1. The molecule has 29 heavy (non-hydrogen) atoms. The van der Waals surface area contributed by atoms with E-state index in [1.807, 2.05) is 0 Å². The van der Waals surface area contributed by atoms with E-state index < -0.39 is 20.7 Å².